The van der Waals surface area contributed by atoms with Crippen LogP contribution in [0.15, 0.2) is 90.0 Å². The smallest absolute Gasteiger partial charge is 0.266 e. The van der Waals surface area contributed by atoms with Gasteiger partial charge in [-0.2, -0.15) is 5.10 Å². The van der Waals surface area contributed by atoms with Crippen LogP contribution in [0.1, 0.15) is 11.1 Å². The van der Waals surface area contributed by atoms with Crippen molar-refractivity contribution >= 4 is 40.3 Å². The zero-order chi connectivity index (χ0) is 24.4. The molecule has 5 nitrogen and oxygen atoms in total. The number of ether oxygens (including phenoxy) is 1. The fourth-order valence-corrected chi connectivity index (χ4v) is 4.98. The number of rotatable bonds is 6. The van der Waals surface area contributed by atoms with Crippen LogP contribution < -0.4 is 4.74 Å². The molecule has 174 valence electrons. The number of nitrogens with zero attached hydrogens (tertiary/aromatic N) is 3. The molecule has 1 fully saturated rings. The molecular formula is C27H20FN3O2S2. The van der Waals surface area contributed by atoms with Crippen LogP contribution in [0.25, 0.3) is 23.0 Å². The maximum absolute atomic E-state index is 13.5. The van der Waals surface area contributed by atoms with Crippen LogP contribution in [0.5, 0.6) is 5.75 Å². The van der Waals surface area contributed by atoms with Crippen molar-refractivity contribution in [2.45, 2.75) is 6.54 Å². The van der Waals surface area contributed by atoms with Crippen LogP contribution in [0.3, 0.4) is 0 Å². The van der Waals surface area contributed by atoms with Gasteiger partial charge in [0.1, 0.15) is 15.9 Å². The Hall–Kier alpha value is -3.75. The average Bonchev–Trinajstić information content (AvgIpc) is 3.42. The van der Waals surface area contributed by atoms with Gasteiger partial charge in [0, 0.05) is 17.3 Å². The highest BCUT2D eigenvalue weighted by Gasteiger charge is 2.32. The number of benzene rings is 3. The van der Waals surface area contributed by atoms with Crippen LogP contribution in [0.4, 0.5) is 4.39 Å². The zero-order valence-electron chi connectivity index (χ0n) is 18.7. The fraction of sp³-hybridized carbons (Fsp3) is 0.0741. The van der Waals surface area contributed by atoms with E-state index >= 15 is 0 Å². The maximum atomic E-state index is 13.5. The lowest BCUT2D eigenvalue weighted by Gasteiger charge is -2.14. The van der Waals surface area contributed by atoms with Crippen LogP contribution in [-0.4, -0.2) is 32.0 Å². The van der Waals surface area contributed by atoms with Gasteiger partial charge in [0.15, 0.2) is 0 Å². The van der Waals surface area contributed by atoms with E-state index in [-0.39, 0.29) is 11.7 Å². The van der Waals surface area contributed by atoms with Gasteiger partial charge in [-0.3, -0.25) is 9.69 Å². The molecule has 1 saturated heterocycles. The first-order chi connectivity index (χ1) is 17.0. The van der Waals surface area contributed by atoms with Gasteiger partial charge in [-0.1, -0.05) is 54.3 Å². The molecule has 1 aromatic heterocycles. The van der Waals surface area contributed by atoms with Crippen molar-refractivity contribution in [3.05, 3.63) is 107 Å². The molecule has 4 aromatic rings. The Balaban J connectivity index is 1.49. The highest BCUT2D eigenvalue weighted by Crippen LogP contribution is 2.36. The maximum Gasteiger partial charge on any atom is 0.266 e. The molecule has 0 aliphatic carbocycles. The molecule has 8 heteroatoms. The highest BCUT2D eigenvalue weighted by atomic mass is 32.2. The summed E-state index contributed by atoms with van der Waals surface area (Å²) in [6.45, 7) is 0.375. The predicted octanol–water partition coefficient (Wildman–Crippen LogP) is 6.09. The molecule has 1 amide bonds. The molecule has 1 aliphatic rings. The summed E-state index contributed by atoms with van der Waals surface area (Å²) in [6, 6.07) is 23.4. The lowest BCUT2D eigenvalue weighted by Crippen LogP contribution is -2.27. The van der Waals surface area contributed by atoms with Crippen molar-refractivity contribution in [2.24, 2.45) is 0 Å². The van der Waals surface area contributed by atoms with Crippen molar-refractivity contribution in [3.8, 4) is 22.7 Å². The third kappa shape index (κ3) is 4.89. The number of aromatic nitrogens is 2. The zero-order valence-corrected chi connectivity index (χ0v) is 20.4. The molecular weight excluding hydrogens is 481 g/mol. The number of hydrogen-bond donors (Lipinski definition) is 0. The Morgan fingerprint density at radius 1 is 1.03 bits per heavy atom. The van der Waals surface area contributed by atoms with E-state index in [1.165, 1.54) is 23.9 Å². The van der Waals surface area contributed by atoms with Gasteiger partial charge in [0.05, 0.1) is 29.9 Å². The summed E-state index contributed by atoms with van der Waals surface area (Å²) in [6.07, 6.45) is 3.67. The first-order valence-corrected chi connectivity index (χ1v) is 12.0. The number of para-hydroxylation sites is 1. The number of hydrogen-bond acceptors (Lipinski definition) is 5. The van der Waals surface area contributed by atoms with Gasteiger partial charge >= 0.3 is 0 Å². The number of halogens is 1. The predicted molar refractivity (Wildman–Crippen MR) is 141 cm³/mol. The largest absolute Gasteiger partial charge is 0.497 e. The molecule has 0 atom stereocenters. The molecule has 1 aliphatic heterocycles. The number of amides is 1. The standard InChI is InChI=1S/C27H20FN3O2S2/c1-33-23-13-7-18(8-14-23)16-30-26(32)24(35-27(30)34)15-20-17-31(22-5-3-2-4-6-22)29-25(20)19-9-11-21(28)12-10-19/h2-15,17H,16H2,1H3/b24-15-. The van der Waals surface area contributed by atoms with Gasteiger partial charge in [0.25, 0.3) is 5.91 Å². The second-order valence-electron chi connectivity index (χ2n) is 7.84. The van der Waals surface area contributed by atoms with Gasteiger partial charge in [-0.25, -0.2) is 9.07 Å². The lowest BCUT2D eigenvalue weighted by atomic mass is 10.1. The van der Waals surface area contributed by atoms with Crippen LogP contribution in [0, 0.1) is 5.82 Å². The van der Waals surface area contributed by atoms with Crippen molar-refractivity contribution in [1.29, 1.82) is 0 Å². The fourth-order valence-electron chi connectivity index (χ4n) is 3.73. The summed E-state index contributed by atoms with van der Waals surface area (Å²) in [5, 5.41) is 4.74. The minimum Gasteiger partial charge on any atom is -0.497 e. The minimum atomic E-state index is -0.322. The number of carbonyl (C=O) groups excluding carboxylic acids is 1. The lowest BCUT2D eigenvalue weighted by molar-refractivity contribution is -0.122. The van der Waals surface area contributed by atoms with Crippen LogP contribution in [-0.2, 0) is 11.3 Å². The molecule has 3 aromatic carbocycles. The summed E-state index contributed by atoms with van der Waals surface area (Å²) in [5.74, 6) is 0.272. The van der Waals surface area contributed by atoms with E-state index < -0.39 is 0 Å². The van der Waals surface area contributed by atoms with E-state index in [0.717, 1.165) is 28.1 Å². The third-order valence-electron chi connectivity index (χ3n) is 5.54. The van der Waals surface area contributed by atoms with Crippen molar-refractivity contribution in [3.63, 3.8) is 0 Å². The third-order valence-corrected chi connectivity index (χ3v) is 6.92. The topological polar surface area (TPSA) is 47.4 Å². The average molecular weight is 502 g/mol. The molecule has 0 bridgehead atoms. The van der Waals surface area contributed by atoms with E-state index in [4.69, 9.17) is 22.1 Å². The summed E-state index contributed by atoms with van der Waals surface area (Å²) >= 11 is 6.78. The monoisotopic (exact) mass is 501 g/mol. The van der Waals surface area contributed by atoms with Crippen molar-refractivity contribution in [2.75, 3.05) is 7.11 Å². The Kier molecular flexibility index (Phi) is 6.48. The quantitative estimate of drug-likeness (QED) is 0.236. The van der Waals surface area contributed by atoms with Crippen LogP contribution in [0.2, 0.25) is 0 Å². The summed E-state index contributed by atoms with van der Waals surface area (Å²) in [7, 11) is 1.61. The molecule has 35 heavy (non-hydrogen) atoms. The highest BCUT2D eigenvalue weighted by molar-refractivity contribution is 8.26. The van der Waals surface area contributed by atoms with E-state index in [2.05, 4.69) is 0 Å². The van der Waals surface area contributed by atoms with E-state index in [9.17, 15) is 9.18 Å². The van der Waals surface area contributed by atoms with E-state index in [1.54, 1.807) is 34.9 Å². The number of carbonyl (C=O) groups is 1. The van der Waals surface area contributed by atoms with E-state index in [1.807, 2.05) is 60.8 Å². The minimum absolute atomic E-state index is 0.159. The normalized spacial score (nSPS) is 14.7. The van der Waals surface area contributed by atoms with Crippen LogP contribution >= 0.6 is 24.0 Å². The van der Waals surface area contributed by atoms with E-state index in [0.29, 0.717) is 21.5 Å². The summed E-state index contributed by atoms with van der Waals surface area (Å²) in [4.78, 5) is 15.4. The molecule has 0 N–H and O–H groups in total. The van der Waals surface area contributed by atoms with Gasteiger partial charge in [-0.05, 0) is 60.2 Å². The summed E-state index contributed by atoms with van der Waals surface area (Å²) < 4.78 is 21.0. The second kappa shape index (κ2) is 9.85. The van der Waals surface area contributed by atoms with Gasteiger partial charge < -0.3 is 4.74 Å². The Labute approximate surface area is 211 Å². The molecule has 0 unspecified atom stereocenters. The SMILES string of the molecule is COc1ccc(CN2C(=O)/C(=C/c3cn(-c4ccccc4)nc3-c3ccc(F)cc3)SC2=S)cc1. The number of thiocarbonyl (C=S) groups is 1. The van der Waals surface area contributed by atoms with Gasteiger partial charge in [-0.15, -0.1) is 0 Å². The molecule has 5 rings (SSSR count). The number of thioether (sulfide) groups is 1. The van der Waals surface area contributed by atoms with Crippen molar-refractivity contribution in [1.82, 2.24) is 14.7 Å². The Bertz CT molecular complexity index is 1420. The first kappa shape index (κ1) is 23.0. The van der Waals surface area contributed by atoms with Crippen molar-refractivity contribution < 1.29 is 13.9 Å². The summed E-state index contributed by atoms with van der Waals surface area (Å²) in [5.41, 5.74) is 3.97. The molecule has 0 saturated carbocycles. The molecule has 0 spiro atoms. The molecule has 0 radical (unpaired) electrons. The Morgan fingerprint density at radius 2 is 1.74 bits per heavy atom. The Morgan fingerprint density at radius 3 is 2.43 bits per heavy atom. The van der Waals surface area contributed by atoms with Gasteiger partial charge in [0.2, 0.25) is 0 Å². The second-order valence-corrected chi connectivity index (χ2v) is 9.51. The first-order valence-electron chi connectivity index (χ1n) is 10.8. The number of methoxy groups -OCH3 is 1. The molecule has 2 heterocycles.